The molecular weight excluding hydrogens is 759 g/mol. The summed E-state index contributed by atoms with van der Waals surface area (Å²) in [4.78, 5) is 35.0. The fourth-order valence-electron chi connectivity index (χ4n) is 5.49. The molecule has 0 rings (SSSR count). The van der Waals surface area contributed by atoms with Gasteiger partial charge in [0.1, 0.15) is 12.7 Å². The fraction of sp³-hybridized carbons (Fsp3) is 0.696. The van der Waals surface area contributed by atoms with Crippen molar-refractivity contribution < 1.29 is 52.9 Å². The lowest BCUT2D eigenvalue weighted by Crippen LogP contribution is -2.29. The highest BCUT2D eigenvalue weighted by molar-refractivity contribution is 7.47. The highest BCUT2D eigenvalue weighted by Gasteiger charge is 2.27. The van der Waals surface area contributed by atoms with Crippen molar-refractivity contribution in [2.24, 2.45) is 0 Å². The molecule has 4 N–H and O–H groups in total. The zero-order valence-electron chi connectivity index (χ0n) is 35.8. The topological polar surface area (TPSA) is 169 Å². The first-order valence-corrected chi connectivity index (χ1v) is 23.5. The summed E-state index contributed by atoms with van der Waals surface area (Å²) >= 11 is 0. The predicted molar refractivity (Wildman–Crippen MR) is 234 cm³/mol. The lowest BCUT2D eigenvalue weighted by atomic mass is 10.1. The number of esters is 2. The number of allylic oxidation sites excluding steroid dienone is 11. The molecule has 4 atom stereocenters. The number of aliphatic hydroxyl groups excluding tert-OH is 3. The van der Waals surface area contributed by atoms with E-state index in [4.69, 9.17) is 19.1 Å². The van der Waals surface area contributed by atoms with Gasteiger partial charge in [-0.25, -0.2) is 4.57 Å². The van der Waals surface area contributed by atoms with Crippen molar-refractivity contribution >= 4 is 19.8 Å². The standard InChI is InChI=1S/C46H79O11P/c1-3-5-7-9-11-13-15-17-18-19-20-22-24-26-28-30-32-36-46(51)57-44(41-56-58(52,53)55-39-43(49)38-47)40-54-45(50)37-33-35-42(48)34-31-29-27-25-23-21-16-14-12-10-8-6-4-2/h17-18,20-23,26-29,31,34,42-44,47-49H,3-16,19,24-25,30,32-33,35-41H2,1-2H3,(H,52,53)/b18-17-,22-20-,23-21+,28-26-,29-27+,34-31+/t42?,43-,44+/m0/s1. The van der Waals surface area contributed by atoms with E-state index in [-0.39, 0.29) is 12.8 Å². The molecule has 0 bridgehead atoms. The van der Waals surface area contributed by atoms with Crippen molar-refractivity contribution in [2.75, 3.05) is 26.4 Å². The molecule has 334 valence electrons. The maximum absolute atomic E-state index is 12.6. The van der Waals surface area contributed by atoms with Crippen LogP contribution in [0.3, 0.4) is 0 Å². The fourth-order valence-corrected chi connectivity index (χ4v) is 6.28. The minimum atomic E-state index is -4.68. The molecule has 12 heteroatoms. The van der Waals surface area contributed by atoms with E-state index in [2.05, 4.69) is 54.8 Å². The van der Waals surface area contributed by atoms with E-state index in [1.807, 2.05) is 24.3 Å². The van der Waals surface area contributed by atoms with Crippen molar-refractivity contribution in [3.63, 3.8) is 0 Å². The second-order valence-corrected chi connectivity index (χ2v) is 16.0. The van der Waals surface area contributed by atoms with Crippen LogP contribution in [0.4, 0.5) is 0 Å². The van der Waals surface area contributed by atoms with Crippen LogP contribution in [0.5, 0.6) is 0 Å². The van der Waals surface area contributed by atoms with Crippen molar-refractivity contribution in [3.8, 4) is 0 Å². The molecule has 0 amide bonds. The third kappa shape index (κ3) is 40.2. The van der Waals surface area contributed by atoms with Gasteiger partial charge in [-0.1, -0.05) is 151 Å². The Morgan fingerprint density at radius 2 is 1.09 bits per heavy atom. The summed E-state index contributed by atoms with van der Waals surface area (Å²) in [6.07, 6.45) is 43.4. The number of hydrogen-bond acceptors (Lipinski definition) is 10. The van der Waals surface area contributed by atoms with Gasteiger partial charge in [-0.15, -0.1) is 0 Å². The highest BCUT2D eigenvalue weighted by Crippen LogP contribution is 2.43. The van der Waals surface area contributed by atoms with Crippen LogP contribution in [-0.2, 0) is 32.7 Å². The summed E-state index contributed by atoms with van der Waals surface area (Å²) in [7, 11) is -4.68. The van der Waals surface area contributed by atoms with E-state index in [9.17, 15) is 29.3 Å². The normalized spacial score (nSPS) is 15.1. The van der Waals surface area contributed by atoms with Gasteiger partial charge in [-0.2, -0.15) is 0 Å². The van der Waals surface area contributed by atoms with Crippen LogP contribution in [0.1, 0.15) is 162 Å². The van der Waals surface area contributed by atoms with Gasteiger partial charge in [0.25, 0.3) is 0 Å². The van der Waals surface area contributed by atoms with Crippen molar-refractivity contribution in [1.82, 2.24) is 0 Å². The summed E-state index contributed by atoms with van der Waals surface area (Å²) < 4.78 is 32.5. The van der Waals surface area contributed by atoms with Gasteiger partial charge in [-0.05, 0) is 70.6 Å². The maximum Gasteiger partial charge on any atom is 0.472 e. The Labute approximate surface area is 351 Å². The molecule has 2 unspecified atom stereocenters. The predicted octanol–water partition coefficient (Wildman–Crippen LogP) is 10.6. The van der Waals surface area contributed by atoms with E-state index in [1.54, 1.807) is 12.2 Å². The number of hydrogen-bond donors (Lipinski definition) is 4. The molecule has 0 aromatic rings. The van der Waals surface area contributed by atoms with Crippen LogP contribution in [-0.4, -0.2) is 76.9 Å². The Hall–Kier alpha value is -2.63. The molecule has 0 radical (unpaired) electrons. The second kappa shape index (κ2) is 41.1. The first-order valence-electron chi connectivity index (χ1n) is 22.0. The smallest absolute Gasteiger partial charge is 0.462 e. The molecule has 0 heterocycles. The quantitative estimate of drug-likeness (QED) is 0.0152. The minimum Gasteiger partial charge on any atom is -0.462 e. The maximum atomic E-state index is 12.6. The number of unbranched alkanes of at least 4 members (excludes halogenated alkanes) is 13. The van der Waals surface area contributed by atoms with Crippen LogP contribution < -0.4 is 0 Å². The first-order chi connectivity index (χ1) is 28.1. The summed E-state index contributed by atoms with van der Waals surface area (Å²) in [5, 5.41) is 28.6. The van der Waals surface area contributed by atoms with Gasteiger partial charge in [0.2, 0.25) is 0 Å². The van der Waals surface area contributed by atoms with E-state index >= 15 is 0 Å². The van der Waals surface area contributed by atoms with Gasteiger partial charge in [0, 0.05) is 12.8 Å². The van der Waals surface area contributed by atoms with Gasteiger partial charge in [0.15, 0.2) is 6.10 Å². The number of carbonyl (C=O) groups excluding carboxylic acids is 2. The van der Waals surface area contributed by atoms with Gasteiger partial charge in [-0.3, -0.25) is 18.6 Å². The number of phosphoric ester groups is 1. The van der Waals surface area contributed by atoms with Crippen molar-refractivity contribution in [2.45, 2.75) is 180 Å². The largest absolute Gasteiger partial charge is 0.472 e. The first kappa shape index (κ1) is 55.4. The number of phosphoric acid groups is 1. The molecule has 0 aromatic heterocycles. The Morgan fingerprint density at radius 3 is 1.67 bits per heavy atom. The van der Waals surface area contributed by atoms with Crippen molar-refractivity contribution in [1.29, 1.82) is 0 Å². The third-order valence-corrected chi connectivity index (χ3v) is 9.89. The second-order valence-electron chi connectivity index (χ2n) is 14.6. The summed E-state index contributed by atoms with van der Waals surface area (Å²) in [6.45, 7) is 2.08. The molecule has 0 saturated heterocycles. The van der Waals surface area contributed by atoms with Gasteiger partial charge >= 0.3 is 19.8 Å². The van der Waals surface area contributed by atoms with E-state index < -0.39 is 64.5 Å². The molecular formula is C46H79O11P. The van der Waals surface area contributed by atoms with Crippen LogP contribution in [0.15, 0.2) is 72.9 Å². The molecule has 0 fully saturated rings. The van der Waals surface area contributed by atoms with Crippen molar-refractivity contribution in [3.05, 3.63) is 72.9 Å². The van der Waals surface area contributed by atoms with Crippen LogP contribution in [0.2, 0.25) is 0 Å². The Kier molecular flexibility index (Phi) is 39.3. The average Bonchev–Trinajstić information content (AvgIpc) is 3.20. The summed E-state index contributed by atoms with van der Waals surface area (Å²) in [5.41, 5.74) is 0. The molecule has 11 nitrogen and oxygen atoms in total. The van der Waals surface area contributed by atoms with Crippen LogP contribution in [0.25, 0.3) is 0 Å². The van der Waals surface area contributed by atoms with E-state index in [1.165, 1.54) is 77.0 Å². The zero-order valence-corrected chi connectivity index (χ0v) is 36.7. The zero-order chi connectivity index (χ0) is 42.8. The number of aliphatic hydroxyl groups is 3. The number of carbonyl (C=O) groups is 2. The molecule has 0 aliphatic heterocycles. The summed E-state index contributed by atoms with van der Waals surface area (Å²) in [5.74, 6) is -1.19. The van der Waals surface area contributed by atoms with Gasteiger partial charge < -0.3 is 29.7 Å². The van der Waals surface area contributed by atoms with Crippen LogP contribution >= 0.6 is 7.82 Å². The van der Waals surface area contributed by atoms with E-state index in [0.29, 0.717) is 25.7 Å². The molecule has 0 saturated carbocycles. The Bertz CT molecular complexity index is 1210. The monoisotopic (exact) mass is 839 g/mol. The van der Waals surface area contributed by atoms with Gasteiger partial charge in [0.05, 0.1) is 25.9 Å². The summed E-state index contributed by atoms with van der Waals surface area (Å²) in [6, 6.07) is 0. The Morgan fingerprint density at radius 1 is 0.586 bits per heavy atom. The Balaban J connectivity index is 4.57. The molecule has 0 aliphatic rings. The number of ether oxygens (including phenoxy) is 2. The molecule has 58 heavy (non-hydrogen) atoms. The minimum absolute atomic E-state index is 0.00376. The molecule has 0 aliphatic carbocycles. The average molecular weight is 839 g/mol. The number of rotatable bonds is 40. The van der Waals surface area contributed by atoms with Crippen LogP contribution in [0, 0.1) is 0 Å². The van der Waals surface area contributed by atoms with E-state index in [0.717, 1.165) is 32.1 Å². The lowest BCUT2D eigenvalue weighted by Gasteiger charge is -2.20. The lowest BCUT2D eigenvalue weighted by molar-refractivity contribution is -0.161. The SMILES string of the molecule is CCCCCCCC/C=C\C/C=C\C/C=C\CCCC(=O)O[C@H](COC(=O)CCCC(O)/C=C/C=C/C/C=C/CCCCCCCC)COP(=O)(O)OC[C@@H](O)CO. The highest BCUT2D eigenvalue weighted by atomic mass is 31.2. The third-order valence-electron chi connectivity index (χ3n) is 8.94. The molecule has 0 aromatic carbocycles. The molecule has 0 spiro atoms.